The molecule has 0 saturated carbocycles. The van der Waals surface area contributed by atoms with Crippen LogP contribution >= 0.6 is 24.4 Å². The minimum Gasteiger partial charge on any atom is -0.507 e. The highest BCUT2D eigenvalue weighted by Crippen LogP contribution is 2.24. The molecule has 0 unspecified atom stereocenters. The number of hydrogen-bond acceptors (Lipinski definition) is 8. The molecule has 6 N–H and O–H groups in total. The van der Waals surface area contributed by atoms with Crippen molar-refractivity contribution in [2.45, 2.75) is 13.8 Å². The molecule has 0 bridgehead atoms. The molecule has 0 aliphatic heterocycles. The maximum absolute atomic E-state index is 11.8. The van der Waals surface area contributed by atoms with Gasteiger partial charge in [-0.15, -0.1) is 0 Å². The Morgan fingerprint density at radius 1 is 0.632 bits per heavy atom. The molecule has 0 aromatic heterocycles. The molecular formula is C26H26N4O6S2. The molecule has 0 atom stereocenters. The van der Waals surface area contributed by atoms with E-state index in [1.807, 2.05) is 0 Å². The number of phenols is 2. The SMILES string of the molecule is CCOC(=O)c1ccc(NC(=S)Nc2ccc(NC(=S)Nc3ccc(C(=O)OCC)c(O)c3)cc2)cc1O. The van der Waals surface area contributed by atoms with Gasteiger partial charge in [-0.2, -0.15) is 0 Å². The highest BCUT2D eigenvalue weighted by molar-refractivity contribution is 7.81. The molecule has 0 heterocycles. The van der Waals surface area contributed by atoms with Crippen LogP contribution in [0.3, 0.4) is 0 Å². The van der Waals surface area contributed by atoms with Crippen LogP contribution in [0.2, 0.25) is 0 Å². The molecule has 0 spiro atoms. The topological polar surface area (TPSA) is 141 Å². The fourth-order valence-corrected chi connectivity index (χ4v) is 3.68. The number of benzene rings is 3. The summed E-state index contributed by atoms with van der Waals surface area (Å²) in [6, 6.07) is 16.0. The maximum Gasteiger partial charge on any atom is 0.341 e. The van der Waals surface area contributed by atoms with E-state index in [1.165, 1.54) is 24.3 Å². The van der Waals surface area contributed by atoms with Gasteiger partial charge in [0.15, 0.2) is 10.2 Å². The Morgan fingerprint density at radius 3 is 1.26 bits per heavy atom. The Hall–Kier alpha value is -4.42. The minimum atomic E-state index is -0.606. The van der Waals surface area contributed by atoms with E-state index in [1.54, 1.807) is 50.2 Å². The lowest BCUT2D eigenvalue weighted by Crippen LogP contribution is -2.20. The van der Waals surface area contributed by atoms with Gasteiger partial charge in [0.2, 0.25) is 0 Å². The molecule has 0 fully saturated rings. The van der Waals surface area contributed by atoms with Crippen LogP contribution in [0.5, 0.6) is 11.5 Å². The number of ether oxygens (including phenoxy) is 2. The van der Waals surface area contributed by atoms with Crippen LogP contribution in [-0.2, 0) is 9.47 Å². The third-order valence-corrected chi connectivity index (χ3v) is 5.31. The number of anilines is 4. The molecule has 0 aliphatic rings. The summed E-state index contributed by atoms with van der Waals surface area (Å²) in [5, 5.41) is 32.7. The molecule has 3 aromatic rings. The second-order valence-corrected chi connectivity index (χ2v) is 8.46. The van der Waals surface area contributed by atoms with Crippen molar-refractivity contribution < 1.29 is 29.3 Å². The van der Waals surface area contributed by atoms with Gasteiger partial charge in [0, 0.05) is 34.9 Å². The van der Waals surface area contributed by atoms with Gasteiger partial charge in [0.05, 0.1) is 13.2 Å². The first-order valence-corrected chi connectivity index (χ1v) is 12.3. The summed E-state index contributed by atoms with van der Waals surface area (Å²) in [6.07, 6.45) is 0. The Balaban J connectivity index is 1.52. The molecule has 0 radical (unpaired) electrons. The summed E-state index contributed by atoms with van der Waals surface area (Å²) in [6.45, 7) is 3.79. The zero-order valence-corrected chi connectivity index (χ0v) is 22.2. The second-order valence-electron chi connectivity index (χ2n) is 7.64. The van der Waals surface area contributed by atoms with Crippen LogP contribution in [0.4, 0.5) is 22.7 Å². The highest BCUT2D eigenvalue weighted by atomic mass is 32.1. The highest BCUT2D eigenvalue weighted by Gasteiger charge is 2.14. The van der Waals surface area contributed by atoms with E-state index in [4.69, 9.17) is 33.9 Å². The summed E-state index contributed by atoms with van der Waals surface area (Å²) in [5.74, 6) is -1.65. The molecule has 0 amide bonds. The first-order valence-electron chi connectivity index (χ1n) is 11.5. The van der Waals surface area contributed by atoms with Gasteiger partial charge in [-0.05, 0) is 86.8 Å². The fraction of sp³-hybridized carbons (Fsp3) is 0.154. The van der Waals surface area contributed by atoms with Crippen molar-refractivity contribution in [2.24, 2.45) is 0 Å². The van der Waals surface area contributed by atoms with Gasteiger partial charge in [-0.3, -0.25) is 0 Å². The van der Waals surface area contributed by atoms with Gasteiger partial charge in [-0.1, -0.05) is 0 Å². The van der Waals surface area contributed by atoms with E-state index >= 15 is 0 Å². The van der Waals surface area contributed by atoms with E-state index in [2.05, 4.69) is 21.3 Å². The molecular weight excluding hydrogens is 528 g/mol. The van der Waals surface area contributed by atoms with Crippen molar-refractivity contribution in [1.82, 2.24) is 0 Å². The van der Waals surface area contributed by atoms with Crippen molar-refractivity contribution in [2.75, 3.05) is 34.5 Å². The van der Waals surface area contributed by atoms with Crippen LogP contribution < -0.4 is 21.3 Å². The standard InChI is InChI=1S/C26H26N4O6S2/c1-3-35-23(33)19-11-9-17(13-21(19)31)29-25(37)27-15-5-7-16(8-6-15)28-26(38)30-18-10-12-20(22(32)14-18)24(34)36-4-2/h5-14,31-32H,3-4H2,1-2H3,(H2,27,29,37)(H2,28,30,38). The lowest BCUT2D eigenvalue weighted by atomic mass is 10.2. The van der Waals surface area contributed by atoms with E-state index in [9.17, 15) is 19.8 Å². The van der Waals surface area contributed by atoms with Crippen molar-refractivity contribution in [3.05, 3.63) is 71.8 Å². The average Bonchev–Trinajstić information content (AvgIpc) is 2.85. The third kappa shape index (κ3) is 7.79. The summed E-state index contributed by atoms with van der Waals surface area (Å²) in [4.78, 5) is 23.6. The number of thiocarbonyl (C=S) groups is 2. The van der Waals surface area contributed by atoms with E-state index in [-0.39, 0.29) is 46.1 Å². The monoisotopic (exact) mass is 554 g/mol. The largest absolute Gasteiger partial charge is 0.507 e. The fourth-order valence-electron chi connectivity index (χ4n) is 3.21. The number of rotatable bonds is 8. The molecule has 3 rings (SSSR count). The van der Waals surface area contributed by atoms with Crippen molar-refractivity contribution >= 4 is 69.3 Å². The first-order chi connectivity index (χ1) is 18.2. The Labute approximate surface area is 230 Å². The molecule has 3 aromatic carbocycles. The predicted octanol–water partition coefficient (Wildman–Crippen LogP) is 5.07. The minimum absolute atomic E-state index is 0.0669. The Morgan fingerprint density at radius 2 is 0.947 bits per heavy atom. The lowest BCUT2D eigenvalue weighted by molar-refractivity contribution is 0.0513. The van der Waals surface area contributed by atoms with Gasteiger partial charge < -0.3 is 41.0 Å². The lowest BCUT2D eigenvalue weighted by Gasteiger charge is -2.14. The summed E-state index contributed by atoms with van der Waals surface area (Å²) >= 11 is 10.6. The normalized spacial score (nSPS) is 10.2. The number of hydrogen-bond donors (Lipinski definition) is 6. The third-order valence-electron chi connectivity index (χ3n) is 4.90. The van der Waals surface area contributed by atoms with Gasteiger partial charge in [0.1, 0.15) is 22.6 Å². The average molecular weight is 555 g/mol. The number of carbonyl (C=O) groups is 2. The van der Waals surface area contributed by atoms with E-state index < -0.39 is 11.9 Å². The van der Waals surface area contributed by atoms with Crippen LogP contribution in [-0.4, -0.2) is 45.6 Å². The van der Waals surface area contributed by atoms with Crippen molar-refractivity contribution in [3.8, 4) is 11.5 Å². The zero-order chi connectivity index (χ0) is 27.7. The summed E-state index contributed by atoms with van der Waals surface area (Å²) in [7, 11) is 0. The predicted molar refractivity (Wildman–Crippen MR) is 154 cm³/mol. The number of phenolic OH excluding ortho intramolecular Hbond substituents is 2. The van der Waals surface area contributed by atoms with Gasteiger partial charge in [0.25, 0.3) is 0 Å². The van der Waals surface area contributed by atoms with Gasteiger partial charge in [-0.25, -0.2) is 9.59 Å². The second kappa shape index (κ2) is 13.2. The summed E-state index contributed by atoms with van der Waals surface area (Å²) < 4.78 is 9.79. The molecule has 10 nitrogen and oxygen atoms in total. The Kier molecular flexibility index (Phi) is 9.79. The van der Waals surface area contributed by atoms with E-state index in [0.29, 0.717) is 22.7 Å². The van der Waals surface area contributed by atoms with Crippen LogP contribution in [0.25, 0.3) is 0 Å². The van der Waals surface area contributed by atoms with E-state index in [0.717, 1.165) is 0 Å². The molecule has 0 saturated heterocycles. The molecule has 38 heavy (non-hydrogen) atoms. The number of aromatic hydroxyl groups is 2. The molecule has 198 valence electrons. The van der Waals surface area contributed by atoms with Crippen molar-refractivity contribution in [3.63, 3.8) is 0 Å². The van der Waals surface area contributed by atoms with Crippen LogP contribution in [0.1, 0.15) is 34.6 Å². The zero-order valence-electron chi connectivity index (χ0n) is 20.5. The molecule has 12 heteroatoms. The molecule has 0 aliphatic carbocycles. The van der Waals surface area contributed by atoms with Crippen molar-refractivity contribution in [1.29, 1.82) is 0 Å². The van der Waals surface area contributed by atoms with Gasteiger partial charge >= 0.3 is 11.9 Å². The number of nitrogens with one attached hydrogen (secondary N) is 4. The number of carbonyl (C=O) groups excluding carboxylic acids is 2. The smallest absolute Gasteiger partial charge is 0.341 e. The number of esters is 2. The quantitative estimate of drug-likeness (QED) is 0.164. The Bertz CT molecular complexity index is 1250. The van der Waals surface area contributed by atoms with Crippen LogP contribution in [0.15, 0.2) is 60.7 Å². The first kappa shape index (κ1) is 28.2. The maximum atomic E-state index is 11.8. The van der Waals surface area contributed by atoms with Crippen LogP contribution in [0, 0.1) is 0 Å². The summed E-state index contributed by atoms with van der Waals surface area (Å²) in [5.41, 5.74) is 2.50.